The van der Waals surface area contributed by atoms with Crippen LogP contribution in [0.25, 0.3) is 0 Å². The first-order valence-electron chi connectivity index (χ1n) is 6.52. The molecule has 6 nitrogen and oxygen atoms in total. The number of rotatable bonds is 4. The zero-order chi connectivity index (χ0) is 15.5. The summed E-state index contributed by atoms with van der Waals surface area (Å²) in [4.78, 5) is 35.8. The molecule has 0 spiro atoms. The number of ether oxygens (including phenoxy) is 2. The van der Waals surface area contributed by atoms with Gasteiger partial charge in [-0.3, -0.25) is 4.79 Å². The van der Waals surface area contributed by atoms with Crippen LogP contribution in [0.15, 0.2) is 0 Å². The van der Waals surface area contributed by atoms with Gasteiger partial charge in [0.05, 0.1) is 12.6 Å². The third-order valence-corrected chi connectivity index (χ3v) is 3.79. The second-order valence-corrected chi connectivity index (χ2v) is 6.50. The molecule has 0 radical (unpaired) electrons. The van der Waals surface area contributed by atoms with E-state index < -0.39 is 28.3 Å². The maximum absolute atomic E-state index is 11.9. The molecular formula is C13H20BrNO5. The van der Waals surface area contributed by atoms with Crippen molar-refractivity contribution in [3.8, 4) is 0 Å². The van der Waals surface area contributed by atoms with E-state index in [9.17, 15) is 14.4 Å². The number of likely N-dealkylation sites (tertiary alicyclic amines) is 1. The van der Waals surface area contributed by atoms with Gasteiger partial charge in [0.15, 0.2) is 0 Å². The lowest BCUT2D eigenvalue weighted by atomic mass is 9.98. The molecule has 0 aromatic rings. The number of Topliss-reactive ketones (excluding diaryl/α,β-unsaturated/α-hetero) is 1. The molecule has 0 aliphatic carbocycles. The van der Waals surface area contributed by atoms with Crippen molar-refractivity contribution in [1.82, 2.24) is 4.90 Å². The van der Waals surface area contributed by atoms with Gasteiger partial charge < -0.3 is 14.4 Å². The Balaban J connectivity index is 2.62. The molecule has 0 aromatic heterocycles. The summed E-state index contributed by atoms with van der Waals surface area (Å²) in [6.07, 6.45) is 0.162. The molecule has 2 atom stereocenters. The Labute approximate surface area is 126 Å². The summed E-state index contributed by atoms with van der Waals surface area (Å²) in [5.74, 6) is -1.56. The van der Waals surface area contributed by atoms with Crippen LogP contribution in [0.1, 0.15) is 34.1 Å². The number of ketones is 1. The maximum Gasteiger partial charge on any atom is 0.410 e. The lowest BCUT2D eigenvalue weighted by Gasteiger charge is -2.42. The third-order valence-electron chi connectivity index (χ3n) is 2.76. The number of alkyl halides is 1. The summed E-state index contributed by atoms with van der Waals surface area (Å²) < 4.78 is 9.92. The van der Waals surface area contributed by atoms with Crippen LogP contribution in [0.3, 0.4) is 0 Å². The van der Waals surface area contributed by atoms with Crippen LogP contribution in [-0.4, -0.2) is 52.4 Å². The van der Waals surface area contributed by atoms with Gasteiger partial charge in [-0.15, -0.1) is 0 Å². The van der Waals surface area contributed by atoms with Crippen molar-refractivity contribution < 1.29 is 23.9 Å². The molecular weight excluding hydrogens is 330 g/mol. The Morgan fingerprint density at radius 2 is 1.95 bits per heavy atom. The monoisotopic (exact) mass is 349 g/mol. The predicted octanol–water partition coefficient (Wildman–Crippen LogP) is 1.89. The van der Waals surface area contributed by atoms with Crippen molar-refractivity contribution in [2.75, 3.05) is 13.2 Å². The van der Waals surface area contributed by atoms with Crippen LogP contribution < -0.4 is 0 Å². The van der Waals surface area contributed by atoms with Gasteiger partial charge in [0.25, 0.3) is 5.78 Å². The molecule has 2 unspecified atom stereocenters. The Hall–Kier alpha value is -1.11. The molecule has 1 aliphatic rings. The summed E-state index contributed by atoms with van der Waals surface area (Å²) in [6, 6.07) is -0.373. The summed E-state index contributed by atoms with van der Waals surface area (Å²) in [5, 5.41) is 0. The maximum atomic E-state index is 11.9. The average Bonchev–Trinajstić information content (AvgIpc) is 2.23. The second-order valence-electron chi connectivity index (χ2n) is 5.52. The first-order chi connectivity index (χ1) is 9.17. The molecule has 20 heavy (non-hydrogen) atoms. The van der Waals surface area contributed by atoms with Crippen LogP contribution in [0, 0.1) is 0 Å². The van der Waals surface area contributed by atoms with Gasteiger partial charge in [-0.1, -0.05) is 15.9 Å². The molecule has 0 bridgehead atoms. The zero-order valence-corrected chi connectivity index (χ0v) is 13.7. The number of halogens is 1. The molecule has 1 aliphatic heterocycles. The van der Waals surface area contributed by atoms with E-state index in [-0.39, 0.29) is 12.6 Å². The van der Waals surface area contributed by atoms with Gasteiger partial charge >= 0.3 is 12.1 Å². The summed E-state index contributed by atoms with van der Waals surface area (Å²) in [6.45, 7) is 7.60. The number of nitrogens with zero attached hydrogens (tertiary/aromatic N) is 1. The molecule has 114 valence electrons. The van der Waals surface area contributed by atoms with Gasteiger partial charge in [-0.05, 0) is 34.1 Å². The van der Waals surface area contributed by atoms with Crippen LogP contribution in [0.4, 0.5) is 4.79 Å². The second kappa shape index (κ2) is 6.56. The number of esters is 1. The summed E-state index contributed by atoms with van der Waals surface area (Å²) >= 11 is 3.18. The molecule has 0 N–H and O–H groups in total. The van der Waals surface area contributed by atoms with E-state index in [1.54, 1.807) is 27.7 Å². The van der Waals surface area contributed by atoms with E-state index >= 15 is 0 Å². The van der Waals surface area contributed by atoms with E-state index in [2.05, 4.69) is 20.7 Å². The van der Waals surface area contributed by atoms with E-state index in [1.807, 2.05) is 0 Å². The van der Waals surface area contributed by atoms with Crippen molar-refractivity contribution in [2.45, 2.75) is 50.6 Å². The van der Waals surface area contributed by atoms with E-state index in [1.165, 1.54) is 4.90 Å². The number of hydrogen-bond acceptors (Lipinski definition) is 5. The van der Waals surface area contributed by atoms with E-state index in [0.29, 0.717) is 13.0 Å². The molecule has 0 saturated carbocycles. The molecule has 1 heterocycles. The highest BCUT2D eigenvalue weighted by atomic mass is 79.9. The minimum Gasteiger partial charge on any atom is -0.460 e. The fraction of sp³-hybridized carbons (Fsp3) is 0.769. The van der Waals surface area contributed by atoms with Gasteiger partial charge in [0, 0.05) is 6.54 Å². The van der Waals surface area contributed by atoms with Crippen LogP contribution in [0.5, 0.6) is 0 Å². The average molecular weight is 350 g/mol. The van der Waals surface area contributed by atoms with Gasteiger partial charge in [0.2, 0.25) is 0 Å². The van der Waals surface area contributed by atoms with Crippen molar-refractivity contribution in [1.29, 1.82) is 0 Å². The minimum atomic E-state index is -0.884. The fourth-order valence-electron chi connectivity index (χ4n) is 1.75. The highest BCUT2D eigenvalue weighted by molar-refractivity contribution is 9.10. The molecule has 1 amide bonds. The van der Waals surface area contributed by atoms with Crippen molar-refractivity contribution in [3.63, 3.8) is 0 Å². The predicted molar refractivity (Wildman–Crippen MR) is 75.7 cm³/mol. The molecule has 1 rings (SSSR count). The third kappa shape index (κ3) is 4.19. The van der Waals surface area contributed by atoms with Gasteiger partial charge in [-0.2, -0.15) is 0 Å². The molecule has 1 fully saturated rings. The van der Waals surface area contributed by atoms with Gasteiger partial charge in [-0.25, -0.2) is 9.59 Å². The Morgan fingerprint density at radius 3 is 2.35 bits per heavy atom. The lowest BCUT2D eigenvalue weighted by molar-refractivity contribution is -0.154. The summed E-state index contributed by atoms with van der Waals surface area (Å²) in [7, 11) is 0. The minimum absolute atomic E-state index is 0.144. The summed E-state index contributed by atoms with van der Waals surface area (Å²) in [5.41, 5.74) is -0.593. The Kier molecular flexibility index (Phi) is 5.56. The fourth-order valence-corrected chi connectivity index (χ4v) is 2.49. The van der Waals surface area contributed by atoms with E-state index in [4.69, 9.17) is 4.74 Å². The number of carbonyl (C=O) groups is 3. The first-order valence-corrected chi connectivity index (χ1v) is 7.43. The number of carbonyl (C=O) groups excluding carboxylic acids is 3. The SMILES string of the molecule is CCOC(=O)C(=O)C(Br)C1CCN1C(=O)OC(C)(C)C. The zero-order valence-electron chi connectivity index (χ0n) is 12.1. The van der Waals surface area contributed by atoms with Crippen molar-refractivity contribution in [3.05, 3.63) is 0 Å². The molecule has 1 saturated heterocycles. The lowest BCUT2D eigenvalue weighted by Crippen LogP contribution is -2.58. The van der Waals surface area contributed by atoms with Gasteiger partial charge in [0.1, 0.15) is 10.4 Å². The normalized spacial score (nSPS) is 19.9. The van der Waals surface area contributed by atoms with Crippen LogP contribution in [-0.2, 0) is 19.1 Å². The highest BCUT2D eigenvalue weighted by Crippen LogP contribution is 2.28. The Bertz CT molecular complexity index is 404. The van der Waals surface area contributed by atoms with Crippen molar-refractivity contribution >= 4 is 33.8 Å². The number of hydrogen-bond donors (Lipinski definition) is 0. The number of amides is 1. The quantitative estimate of drug-likeness (QED) is 0.440. The largest absolute Gasteiger partial charge is 0.460 e. The smallest absolute Gasteiger partial charge is 0.410 e. The topological polar surface area (TPSA) is 72.9 Å². The molecule has 7 heteroatoms. The Morgan fingerprint density at radius 1 is 1.35 bits per heavy atom. The van der Waals surface area contributed by atoms with E-state index in [0.717, 1.165) is 0 Å². The first kappa shape index (κ1) is 16.9. The van der Waals surface area contributed by atoms with Crippen molar-refractivity contribution in [2.24, 2.45) is 0 Å². The van der Waals surface area contributed by atoms with Crippen LogP contribution >= 0.6 is 15.9 Å². The molecule has 0 aromatic carbocycles. The highest BCUT2D eigenvalue weighted by Gasteiger charge is 2.43. The standard InChI is InChI=1S/C13H20BrNO5/c1-5-19-11(17)10(16)9(14)8-6-7-15(8)12(18)20-13(2,3)4/h8-9H,5-7H2,1-4H3. The van der Waals surface area contributed by atoms with Crippen LogP contribution in [0.2, 0.25) is 0 Å².